The Kier molecular flexibility index (Phi) is 3.61. The molecule has 0 radical (unpaired) electrons. The molecule has 1 nitrogen and oxygen atoms in total. The van der Waals surface area contributed by atoms with Crippen molar-refractivity contribution in [1.82, 2.24) is 0 Å². The second-order valence-electron chi connectivity index (χ2n) is 4.86. The van der Waals surface area contributed by atoms with Crippen LogP contribution in [0.2, 0.25) is 0 Å². The minimum Gasteiger partial charge on any atom is -0.298 e. The zero-order valence-electron chi connectivity index (χ0n) is 9.46. The maximum absolute atomic E-state index is 13.0. The minimum atomic E-state index is -0.371. The number of aldehydes is 1. The van der Waals surface area contributed by atoms with E-state index < -0.39 is 0 Å². The van der Waals surface area contributed by atoms with Crippen molar-refractivity contribution in [3.05, 3.63) is 35.4 Å². The van der Waals surface area contributed by atoms with Gasteiger partial charge in [-0.3, -0.25) is 9.18 Å². The van der Waals surface area contributed by atoms with E-state index in [1.807, 2.05) is 32.9 Å². The standard InChI is InChI=1S/C13H17FO/c1-13(2,3)12(8-14)11-6-4-10(9-15)5-7-11/h4-7,9,12H,8H2,1-3H3. The Morgan fingerprint density at radius 1 is 1.27 bits per heavy atom. The van der Waals surface area contributed by atoms with Crippen LogP contribution < -0.4 is 0 Å². The maximum Gasteiger partial charge on any atom is 0.150 e. The van der Waals surface area contributed by atoms with Crippen LogP contribution in [0.25, 0.3) is 0 Å². The Morgan fingerprint density at radius 2 is 1.80 bits per heavy atom. The first-order valence-corrected chi connectivity index (χ1v) is 5.10. The van der Waals surface area contributed by atoms with E-state index >= 15 is 0 Å². The van der Waals surface area contributed by atoms with Crippen molar-refractivity contribution in [2.24, 2.45) is 5.41 Å². The summed E-state index contributed by atoms with van der Waals surface area (Å²) in [6.07, 6.45) is 0.797. The summed E-state index contributed by atoms with van der Waals surface area (Å²) in [5.74, 6) is -0.113. The lowest BCUT2D eigenvalue weighted by Gasteiger charge is -2.28. The summed E-state index contributed by atoms with van der Waals surface area (Å²) in [5, 5.41) is 0. The van der Waals surface area contributed by atoms with Crippen molar-refractivity contribution >= 4 is 6.29 Å². The van der Waals surface area contributed by atoms with E-state index in [1.54, 1.807) is 12.1 Å². The zero-order valence-corrected chi connectivity index (χ0v) is 9.46. The highest BCUT2D eigenvalue weighted by atomic mass is 19.1. The van der Waals surface area contributed by atoms with Crippen molar-refractivity contribution < 1.29 is 9.18 Å². The van der Waals surface area contributed by atoms with Crippen LogP contribution >= 0.6 is 0 Å². The highest BCUT2D eigenvalue weighted by Crippen LogP contribution is 2.35. The first-order valence-electron chi connectivity index (χ1n) is 5.10. The van der Waals surface area contributed by atoms with Gasteiger partial charge in [0.2, 0.25) is 0 Å². The van der Waals surface area contributed by atoms with Crippen molar-refractivity contribution in [2.45, 2.75) is 26.7 Å². The maximum atomic E-state index is 13.0. The Hall–Kier alpha value is -1.18. The molecule has 0 heterocycles. The largest absolute Gasteiger partial charge is 0.298 e. The third-order valence-electron chi connectivity index (χ3n) is 2.67. The van der Waals surface area contributed by atoms with Crippen LogP contribution in [0.3, 0.4) is 0 Å². The van der Waals surface area contributed by atoms with E-state index in [0.717, 1.165) is 11.8 Å². The quantitative estimate of drug-likeness (QED) is 0.694. The second kappa shape index (κ2) is 4.56. The minimum absolute atomic E-state index is 0.0998. The molecule has 1 rings (SSSR count). The zero-order chi connectivity index (χ0) is 11.5. The highest BCUT2D eigenvalue weighted by Gasteiger charge is 2.25. The molecule has 0 saturated heterocycles. The summed E-state index contributed by atoms with van der Waals surface area (Å²) in [5.41, 5.74) is 1.48. The van der Waals surface area contributed by atoms with Gasteiger partial charge in [0.05, 0.1) is 6.67 Å². The van der Waals surface area contributed by atoms with Crippen LogP contribution in [-0.4, -0.2) is 13.0 Å². The smallest absolute Gasteiger partial charge is 0.150 e. The number of carbonyl (C=O) groups excluding carboxylic acids is 1. The molecule has 0 N–H and O–H groups in total. The molecule has 82 valence electrons. The van der Waals surface area contributed by atoms with Gasteiger partial charge < -0.3 is 0 Å². The third kappa shape index (κ3) is 2.88. The molecule has 0 aliphatic heterocycles. The first-order chi connectivity index (χ1) is 6.99. The molecule has 1 aromatic carbocycles. The van der Waals surface area contributed by atoms with Gasteiger partial charge in [-0.05, 0) is 11.0 Å². The number of benzene rings is 1. The van der Waals surface area contributed by atoms with Gasteiger partial charge in [-0.25, -0.2) is 0 Å². The van der Waals surface area contributed by atoms with E-state index in [1.165, 1.54) is 0 Å². The average Bonchev–Trinajstić information content (AvgIpc) is 2.18. The lowest BCUT2D eigenvalue weighted by molar-refractivity contribution is 0.112. The molecule has 15 heavy (non-hydrogen) atoms. The summed E-state index contributed by atoms with van der Waals surface area (Å²) >= 11 is 0. The Balaban J connectivity index is 2.98. The highest BCUT2D eigenvalue weighted by molar-refractivity contribution is 5.74. The predicted molar refractivity (Wildman–Crippen MR) is 60.0 cm³/mol. The SMILES string of the molecule is CC(C)(C)C(CF)c1ccc(C=O)cc1. The fraction of sp³-hybridized carbons (Fsp3) is 0.462. The molecular weight excluding hydrogens is 191 g/mol. The molecule has 1 unspecified atom stereocenters. The van der Waals surface area contributed by atoms with Crippen molar-refractivity contribution in [3.63, 3.8) is 0 Å². The monoisotopic (exact) mass is 208 g/mol. The number of carbonyl (C=O) groups is 1. The molecule has 0 spiro atoms. The molecule has 0 bridgehead atoms. The van der Waals surface area contributed by atoms with Crippen LogP contribution in [0, 0.1) is 5.41 Å². The van der Waals surface area contributed by atoms with Gasteiger partial charge in [-0.2, -0.15) is 0 Å². The summed E-state index contributed by atoms with van der Waals surface area (Å²) in [6, 6.07) is 7.13. The van der Waals surface area contributed by atoms with E-state index in [4.69, 9.17) is 0 Å². The van der Waals surface area contributed by atoms with E-state index in [2.05, 4.69) is 0 Å². The normalized spacial score (nSPS) is 13.6. The first kappa shape index (κ1) is 11.9. The van der Waals surface area contributed by atoms with Crippen LogP contribution in [0.5, 0.6) is 0 Å². The third-order valence-corrected chi connectivity index (χ3v) is 2.67. The number of halogens is 1. The Labute approximate surface area is 90.3 Å². The van der Waals surface area contributed by atoms with Gasteiger partial charge in [0.25, 0.3) is 0 Å². The van der Waals surface area contributed by atoms with Crippen LogP contribution in [0.4, 0.5) is 4.39 Å². The number of alkyl halides is 1. The van der Waals surface area contributed by atoms with Crippen molar-refractivity contribution in [1.29, 1.82) is 0 Å². The van der Waals surface area contributed by atoms with Gasteiger partial charge in [-0.1, -0.05) is 45.0 Å². The lowest BCUT2D eigenvalue weighted by Crippen LogP contribution is -2.20. The molecule has 0 aliphatic rings. The molecule has 2 heteroatoms. The average molecular weight is 208 g/mol. The van der Waals surface area contributed by atoms with Gasteiger partial charge in [0.15, 0.2) is 0 Å². The lowest BCUT2D eigenvalue weighted by atomic mass is 9.77. The second-order valence-corrected chi connectivity index (χ2v) is 4.86. The van der Waals surface area contributed by atoms with Crippen LogP contribution in [-0.2, 0) is 0 Å². The Morgan fingerprint density at radius 3 is 2.13 bits per heavy atom. The van der Waals surface area contributed by atoms with Crippen molar-refractivity contribution in [2.75, 3.05) is 6.67 Å². The Bertz CT molecular complexity index is 321. The summed E-state index contributed by atoms with van der Waals surface area (Å²) in [7, 11) is 0. The molecule has 0 saturated carbocycles. The number of hydrogen-bond acceptors (Lipinski definition) is 1. The van der Waals surface area contributed by atoms with Gasteiger partial charge in [-0.15, -0.1) is 0 Å². The van der Waals surface area contributed by atoms with Gasteiger partial charge in [0.1, 0.15) is 6.29 Å². The summed E-state index contributed by atoms with van der Waals surface area (Å²) in [4.78, 5) is 10.5. The van der Waals surface area contributed by atoms with Crippen LogP contribution in [0.15, 0.2) is 24.3 Å². The molecule has 0 fully saturated rings. The van der Waals surface area contributed by atoms with Gasteiger partial charge in [0, 0.05) is 11.5 Å². The summed E-state index contributed by atoms with van der Waals surface area (Å²) in [6.45, 7) is 5.69. The molecule has 0 amide bonds. The number of rotatable bonds is 3. The molecule has 1 aromatic rings. The number of hydrogen-bond donors (Lipinski definition) is 0. The van der Waals surface area contributed by atoms with Gasteiger partial charge >= 0.3 is 0 Å². The molecule has 0 aliphatic carbocycles. The summed E-state index contributed by atoms with van der Waals surface area (Å²) < 4.78 is 13.0. The van der Waals surface area contributed by atoms with E-state index in [0.29, 0.717) is 5.56 Å². The fourth-order valence-electron chi connectivity index (χ4n) is 1.63. The molecular formula is C13H17FO. The van der Waals surface area contributed by atoms with E-state index in [-0.39, 0.29) is 18.0 Å². The van der Waals surface area contributed by atoms with Crippen molar-refractivity contribution in [3.8, 4) is 0 Å². The molecule has 0 aromatic heterocycles. The van der Waals surface area contributed by atoms with E-state index in [9.17, 15) is 9.18 Å². The topological polar surface area (TPSA) is 17.1 Å². The predicted octanol–water partition coefficient (Wildman–Crippen LogP) is 3.60. The van der Waals surface area contributed by atoms with Crippen LogP contribution in [0.1, 0.15) is 42.6 Å². The fourth-order valence-corrected chi connectivity index (χ4v) is 1.63. The molecule has 1 atom stereocenters.